The van der Waals surface area contributed by atoms with Crippen LogP contribution in [0.15, 0.2) is 0 Å². The third-order valence-corrected chi connectivity index (χ3v) is 2.48. The van der Waals surface area contributed by atoms with Crippen molar-refractivity contribution in [2.24, 2.45) is 0 Å². The molecular formula is C11H20N2. The number of terminal acetylenes is 1. The summed E-state index contributed by atoms with van der Waals surface area (Å²) < 4.78 is 0. The molecule has 0 aromatic rings. The Hall–Kier alpha value is -0.520. The fraction of sp³-hybridized carbons (Fsp3) is 0.818. The van der Waals surface area contributed by atoms with E-state index >= 15 is 0 Å². The first-order chi connectivity index (χ1) is 6.43. The third kappa shape index (κ3) is 4.92. The Morgan fingerprint density at radius 3 is 3.08 bits per heavy atom. The second-order valence-electron chi connectivity index (χ2n) is 3.66. The lowest BCUT2D eigenvalue weighted by molar-refractivity contribution is 0.387. The van der Waals surface area contributed by atoms with E-state index in [0.717, 1.165) is 25.9 Å². The summed E-state index contributed by atoms with van der Waals surface area (Å²) in [6.45, 7) is 3.44. The van der Waals surface area contributed by atoms with Crippen molar-refractivity contribution in [2.45, 2.75) is 38.1 Å². The largest absolute Gasteiger partial charge is 0.315 e. The molecule has 0 saturated carbocycles. The highest BCUT2D eigenvalue weighted by Crippen LogP contribution is 2.01. The number of rotatable bonds is 5. The topological polar surface area (TPSA) is 24.1 Å². The summed E-state index contributed by atoms with van der Waals surface area (Å²) in [6.07, 6.45) is 11.1. The van der Waals surface area contributed by atoms with Gasteiger partial charge in [0.15, 0.2) is 0 Å². The quantitative estimate of drug-likeness (QED) is 0.489. The van der Waals surface area contributed by atoms with E-state index in [9.17, 15) is 0 Å². The molecule has 1 unspecified atom stereocenters. The van der Waals surface area contributed by atoms with E-state index in [1.165, 1.54) is 25.8 Å². The van der Waals surface area contributed by atoms with Crippen molar-refractivity contribution < 1.29 is 0 Å². The summed E-state index contributed by atoms with van der Waals surface area (Å²) in [6, 6.07) is 0.694. The first-order valence-electron chi connectivity index (χ1n) is 5.31. The van der Waals surface area contributed by atoms with E-state index in [2.05, 4.69) is 16.6 Å². The molecule has 1 rings (SSSR count). The molecule has 1 heterocycles. The van der Waals surface area contributed by atoms with Crippen LogP contribution >= 0.6 is 0 Å². The Morgan fingerprint density at radius 2 is 2.38 bits per heavy atom. The molecule has 2 nitrogen and oxygen atoms in total. The van der Waals surface area contributed by atoms with Gasteiger partial charge in [-0.1, -0.05) is 0 Å². The predicted octanol–water partition coefficient (Wildman–Crippen LogP) is 1.13. The van der Waals surface area contributed by atoms with Crippen molar-refractivity contribution in [2.75, 3.05) is 19.6 Å². The van der Waals surface area contributed by atoms with Gasteiger partial charge in [0.2, 0.25) is 0 Å². The second-order valence-corrected chi connectivity index (χ2v) is 3.66. The maximum Gasteiger partial charge on any atom is 0.0192 e. The fourth-order valence-corrected chi connectivity index (χ4v) is 1.68. The van der Waals surface area contributed by atoms with Crippen LogP contribution in [-0.2, 0) is 0 Å². The van der Waals surface area contributed by atoms with Crippen LogP contribution in [0.5, 0.6) is 0 Å². The molecule has 1 aliphatic rings. The Balaban J connectivity index is 1.90. The molecule has 0 aromatic carbocycles. The first-order valence-corrected chi connectivity index (χ1v) is 5.31. The van der Waals surface area contributed by atoms with Gasteiger partial charge in [-0.25, -0.2) is 0 Å². The van der Waals surface area contributed by atoms with Crippen LogP contribution in [0.2, 0.25) is 0 Å². The lowest BCUT2D eigenvalue weighted by atomic mass is 10.1. The maximum absolute atomic E-state index is 5.17. The van der Waals surface area contributed by atoms with Gasteiger partial charge in [-0.05, 0) is 38.8 Å². The molecular weight excluding hydrogens is 160 g/mol. The van der Waals surface area contributed by atoms with Gasteiger partial charge < -0.3 is 10.6 Å². The minimum Gasteiger partial charge on any atom is -0.315 e. The SMILES string of the molecule is C#CCCCCNC1CCCNC1. The molecule has 74 valence electrons. The van der Waals surface area contributed by atoms with Crippen LogP contribution in [0, 0.1) is 12.3 Å². The lowest BCUT2D eigenvalue weighted by Gasteiger charge is -2.23. The Labute approximate surface area is 81.5 Å². The highest BCUT2D eigenvalue weighted by atomic mass is 15.0. The van der Waals surface area contributed by atoms with E-state index in [-0.39, 0.29) is 0 Å². The van der Waals surface area contributed by atoms with Crippen molar-refractivity contribution >= 4 is 0 Å². The number of nitrogens with one attached hydrogen (secondary N) is 2. The van der Waals surface area contributed by atoms with E-state index in [1.807, 2.05) is 0 Å². The van der Waals surface area contributed by atoms with Crippen LogP contribution in [0.25, 0.3) is 0 Å². The molecule has 0 amide bonds. The van der Waals surface area contributed by atoms with E-state index in [1.54, 1.807) is 0 Å². The summed E-state index contributed by atoms with van der Waals surface area (Å²) in [5.41, 5.74) is 0. The number of hydrogen-bond donors (Lipinski definition) is 2. The third-order valence-electron chi connectivity index (χ3n) is 2.48. The van der Waals surface area contributed by atoms with Crippen molar-refractivity contribution in [1.82, 2.24) is 10.6 Å². The Kier molecular flexibility index (Phi) is 5.64. The number of unbranched alkanes of at least 4 members (excludes halogenated alkanes) is 2. The second kappa shape index (κ2) is 6.94. The van der Waals surface area contributed by atoms with Crippen molar-refractivity contribution in [3.63, 3.8) is 0 Å². The van der Waals surface area contributed by atoms with Gasteiger partial charge >= 0.3 is 0 Å². The summed E-state index contributed by atoms with van der Waals surface area (Å²) in [5.74, 6) is 2.67. The summed E-state index contributed by atoms with van der Waals surface area (Å²) in [5, 5.41) is 6.94. The molecule has 1 fully saturated rings. The monoisotopic (exact) mass is 180 g/mol. The van der Waals surface area contributed by atoms with Crippen molar-refractivity contribution in [3.8, 4) is 12.3 Å². The molecule has 0 spiro atoms. The molecule has 1 atom stereocenters. The number of piperidine rings is 1. The summed E-state index contributed by atoms with van der Waals surface area (Å²) in [4.78, 5) is 0. The zero-order chi connectivity index (χ0) is 9.36. The summed E-state index contributed by atoms with van der Waals surface area (Å²) >= 11 is 0. The first kappa shape index (κ1) is 10.6. The average molecular weight is 180 g/mol. The normalized spacial score (nSPS) is 22.5. The summed E-state index contributed by atoms with van der Waals surface area (Å²) in [7, 11) is 0. The van der Waals surface area contributed by atoms with Crippen LogP contribution < -0.4 is 10.6 Å². The highest BCUT2D eigenvalue weighted by Gasteiger charge is 2.10. The smallest absolute Gasteiger partial charge is 0.0192 e. The van der Waals surface area contributed by atoms with Crippen molar-refractivity contribution in [3.05, 3.63) is 0 Å². The predicted molar refractivity (Wildman–Crippen MR) is 56.6 cm³/mol. The zero-order valence-electron chi connectivity index (χ0n) is 8.31. The van der Waals surface area contributed by atoms with Gasteiger partial charge in [0.1, 0.15) is 0 Å². The minimum absolute atomic E-state index is 0.694. The maximum atomic E-state index is 5.17. The van der Waals surface area contributed by atoms with E-state index < -0.39 is 0 Å². The molecule has 0 bridgehead atoms. The van der Waals surface area contributed by atoms with Crippen LogP contribution in [0.4, 0.5) is 0 Å². The average Bonchev–Trinajstić information content (AvgIpc) is 2.19. The van der Waals surface area contributed by atoms with Crippen molar-refractivity contribution in [1.29, 1.82) is 0 Å². The van der Waals surface area contributed by atoms with Crippen LogP contribution in [0.1, 0.15) is 32.1 Å². The number of hydrogen-bond acceptors (Lipinski definition) is 2. The minimum atomic E-state index is 0.694. The van der Waals surface area contributed by atoms with E-state index in [4.69, 9.17) is 6.42 Å². The molecule has 13 heavy (non-hydrogen) atoms. The van der Waals surface area contributed by atoms with Crippen LogP contribution in [0.3, 0.4) is 0 Å². The van der Waals surface area contributed by atoms with Gasteiger partial charge in [0, 0.05) is 19.0 Å². The molecule has 0 aromatic heterocycles. The van der Waals surface area contributed by atoms with Gasteiger partial charge in [-0.2, -0.15) is 0 Å². The molecule has 1 saturated heterocycles. The van der Waals surface area contributed by atoms with Gasteiger partial charge in [0.05, 0.1) is 0 Å². The highest BCUT2D eigenvalue weighted by molar-refractivity contribution is 4.83. The van der Waals surface area contributed by atoms with Crippen LogP contribution in [-0.4, -0.2) is 25.7 Å². The molecule has 2 N–H and O–H groups in total. The molecule has 0 aliphatic carbocycles. The molecule has 1 aliphatic heterocycles. The fourth-order valence-electron chi connectivity index (χ4n) is 1.68. The van der Waals surface area contributed by atoms with Gasteiger partial charge in [-0.3, -0.25) is 0 Å². The lowest BCUT2D eigenvalue weighted by Crippen LogP contribution is -2.43. The van der Waals surface area contributed by atoms with Gasteiger partial charge in [0.25, 0.3) is 0 Å². The Morgan fingerprint density at radius 1 is 1.46 bits per heavy atom. The molecule has 0 radical (unpaired) electrons. The van der Waals surface area contributed by atoms with Gasteiger partial charge in [-0.15, -0.1) is 12.3 Å². The Bertz CT molecular complexity index is 154. The van der Waals surface area contributed by atoms with E-state index in [0.29, 0.717) is 6.04 Å². The standard InChI is InChI=1S/C11H20N2/c1-2-3-4-5-9-13-11-7-6-8-12-10-11/h1,11-13H,3-10H2. The molecule has 2 heteroatoms. The zero-order valence-corrected chi connectivity index (χ0v) is 8.31.